The average molecular weight is 466 g/mol. The lowest BCUT2D eigenvalue weighted by Gasteiger charge is -2.10. The number of pyridine rings is 1. The first-order chi connectivity index (χ1) is 16.7. The highest BCUT2D eigenvalue weighted by Gasteiger charge is 2.14. The Labute approximate surface area is 202 Å². The number of thiophene rings is 1. The van der Waals surface area contributed by atoms with E-state index in [1.54, 1.807) is 11.3 Å². The monoisotopic (exact) mass is 465 g/mol. The first kappa shape index (κ1) is 21.8. The first-order valence-electron chi connectivity index (χ1n) is 11.0. The van der Waals surface area contributed by atoms with Gasteiger partial charge >= 0.3 is 0 Å². The van der Waals surface area contributed by atoms with E-state index in [-0.39, 0.29) is 5.92 Å². The molecule has 0 fully saturated rings. The Morgan fingerprint density at radius 2 is 2.00 bits per heavy atom. The van der Waals surface area contributed by atoms with Crippen molar-refractivity contribution in [2.45, 2.75) is 32.8 Å². The number of fused-ring (bicyclic) bond motifs is 1. The molecule has 0 radical (unpaired) electrons. The van der Waals surface area contributed by atoms with E-state index in [1.807, 2.05) is 25.3 Å². The van der Waals surface area contributed by atoms with Crippen molar-refractivity contribution >= 4 is 21.4 Å². The van der Waals surface area contributed by atoms with E-state index in [2.05, 4.69) is 92.2 Å². The van der Waals surface area contributed by atoms with E-state index < -0.39 is 0 Å². The van der Waals surface area contributed by atoms with E-state index in [4.69, 9.17) is 4.74 Å². The number of nitrogens with zero attached hydrogens (tertiary/aromatic N) is 4. The second kappa shape index (κ2) is 9.86. The highest BCUT2D eigenvalue weighted by atomic mass is 32.1. The number of aryl methyl sites for hydroxylation is 1. The van der Waals surface area contributed by atoms with Crippen LogP contribution in [-0.4, -0.2) is 25.6 Å². The minimum Gasteiger partial charge on any atom is -0.473 e. The number of H-pyrrole nitrogens is 1. The number of ether oxygens (including phenoxy) is 1. The summed E-state index contributed by atoms with van der Waals surface area (Å²) in [5.74, 6) is 7.33. The summed E-state index contributed by atoms with van der Waals surface area (Å²) in [5, 5.41) is 17.7. The molecule has 5 rings (SSSR count). The van der Waals surface area contributed by atoms with Gasteiger partial charge in [-0.2, -0.15) is 5.21 Å². The van der Waals surface area contributed by atoms with Crippen LogP contribution in [0.1, 0.15) is 35.4 Å². The summed E-state index contributed by atoms with van der Waals surface area (Å²) in [7, 11) is 0. The van der Waals surface area contributed by atoms with Crippen LogP contribution in [0.25, 0.3) is 21.2 Å². The van der Waals surface area contributed by atoms with Crippen LogP contribution in [0.5, 0.6) is 5.88 Å². The molecule has 3 aromatic heterocycles. The quantitative estimate of drug-likeness (QED) is 0.311. The first-order valence-corrected chi connectivity index (χ1v) is 11.9. The minimum atomic E-state index is -0.0509. The molecule has 0 bridgehead atoms. The summed E-state index contributed by atoms with van der Waals surface area (Å²) in [5.41, 5.74) is 5.92. The summed E-state index contributed by atoms with van der Waals surface area (Å²) in [6.07, 6.45) is 2.38. The lowest BCUT2D eigenvalue weighted by molar-refractivity contribution is 0.294. The van der Waals surface area contributed by atoms with Gasteiger partial charge in [0.15, 0.2) is 5.82 Å². The highest BCUT2D eigenvalue weighted by molar-refractivity contribution is 7.17. The highest BCUT2D eigenvalue weighted by Crippen LogP contribution is 2.36. The van der Waals surface area contributed by atoms with Crippen molar-refractivity contribution in [3.8, 4) is 28.8 Å². The number of tetrazole rings is 1. The van der Waals surface area contributed by atoms with Crippen LogP contribution in [0.15, 0.2) is 66.2 Å². The fourth-order valence-electron chi connectivity index (χ4n) is 3.97. The van der Waals surface area contributed by atoms with Crippen LogP contribution in [0.2, 0.25) is 0 Å². The molecule has 6 nitrogen and oxygen atoms in total. The van der Waals surface area contributed by atoms with E-state index in [9.17, 15) is 0 Å². The lowest BCUT2D eigenvalue weighted by atomic mass is 9.97. The Bertz CT molecular complexity index is 1460. The predicted molar refractivity (Wildman–Crippen MR) is 135 cm³/mol. The average Bonchev–Trinajstić information content (AvgIpc) is 3.53. The van der Waals surface area contributed by atoms with Crippen LogP contribution in [-0.2, 0) is 13.0 Å². The second-order valence-electron chi connectivity index (χ2n) is 7.99. The van der Waals surface area contributed by atoms with Crippen LogP contribution in [0, 0.1) is 18.8 Å². The van der Waals surface area contributed by atoms with Gasteiger partial charge in [-0.1, -0.05) is 47.5 Å². The van der Waals surface area contributed by atoms with Crippen LogP contribution in [0.3, 0.4) is 0 Å². The predicted octanol–water partition coefficient (Wildman–Crippen LogP) is 5.71. The molecule has 0 amide bonds. The van der Waals surface area contributed by atoms with E-state index >= 15 is 0 Å². The second-order valence-corrected chi connectivity index (χ2v) is 8.90. The molecule has 168 valence electrons. The normalized spacial score (nSPS) is 11.7. The Morgan fingerprint density at radius 3 is 2.76 bits per heavy atom. The molecule has 0 saturated carbocycles. The van der Waals surface area contributed by atoms with Crippen molar-refractivity contribution in [3.05, 3.63) is 88.7 Å². The molecule has 0 aliphatic heterocycles. The lowest BCUT2D eigenvalue weighted by Crippen LogP contribution is -2.04. The standard InChI is InChI=1S/C27H23N5OS/c1-3-6-20(14-26-29-31-32-30-26)21-10-12-27(28-15-21)33-16-19-9-11-25-23(13-19)24(17-34-25)22-8-5-4-7-18(22)2/h4-5,7-13,15,17,20H,14,16H2,1-2H3,(H,29,30,31,32)/t20-/m1/s1. The molecule has 0 spiro atoms. The Balaban J connectivity index is 1.31. The van der Waals surface area contributed by atoms with Gasteiger partial charge in [0.2, 0.25) is 5.88 Å². The number of aromatic amines is 1. The molecule has 1 atom stereocenters. The molecule has 5 aromatic rings. The maximum Gasteiger partial charge on any atom is 0.213 e. The number of hydrogen-bond donors (Lipinski definition) is 1. The number of aromatic nitrogens is 5. The third-order valence-electron chi connectivity index (χ3n) is 5.72. The molecule has 1 N–H and O–H groups in total. The Hall–Kier alpha value is -4.02. The van der Waals surface area contributed by atoms with Crippen molar-refractivity contribution in [1.29, 1.82) is 0 Å². The SMILES string of the molecule is CC#C[C@H](Cc1nn[nH]n1)c1ccc(OCc2ccc3scc(-c4ccccc4C)c3c2)nc1. The minimum absolute atomic E-state index is 0.0509. The fraction of sp³-hybridized carbons (Fsp3) is 0.185. The third kappa shape index (κ3) is 4.68. The summed E-state index contributed by atoms with van der Waals surface area (Å²) in [6, 6.07) is 18.9. The maximum absolute atomic E-state index is 6.00. The van der Waals surface area contributed by atoms with Gasteiger partial charge in [-0.3, -0.25) is 0 Å². The zero-order valence-corrected chi connectivity index (χ0v) is 19.8. The fourth-order valence-corrected chi connectivity index (χ4v) is 4.91. The van der Waals surface area contributed by atoms with Gasteiger partial charge in [-0.25, -0.2) is 4.98 Å². The van der Waals surface area contributed by atoms with Crippen molar-refractivity contribution in [1.82, 2.24) is 25.6 Å². The summed E-state index contributed by atoms with van der Waals surface area (Å²) in [6.45, 7) is 4.43. The molecule has 0 aliphatic rings. The maximum atomic E-state index is 6.00. The van der Waals surface area contributed by atoms with Gasteiger partial charge in [-0.05, 0) is 53.6 Å². The zero-order chi connectivity index (χ0) is 23.3. The molecular formula is C27H23N5OS. The smallest absolute Gasteiger partial charge is 0.213 e. The Kier molecular flexibility index (Phi) is 6.32. The Morgan fingerprint density at radius 1 is 1.09 bits per heavy atom. The molecule has 2 aromatic carbocycles. The van der Waals surface area contributed by atoms with Gasteiger partial charge in [-0.15, -0.1) is 27.5 Å². The molecule has 0 aliphatic carbocycles. The molecule has 7 heteroatoms. The number of hydrogen-bond acceptors (Lipinski definition) is 6. The van der Waals surface area contributed by atoms with Gasteiger partial charge < -0.3 is 4.74 Å². The summed E-state index contributed by atoms with van der Waals surface area (Å²) >= 11 is 1.77. The van der Waals surface area contributed by atoms with Gasteiger partial charge in [0, 0.05) is 34.3 Å². The van der Waals surface area contributed by atoms with Crippen molar-refractivity contribution in [2.75, 3.05) is 0 Å². The molecule has 0 saturated heterocycles. The topological polar surface area (TPSA) is 76.6 Å². The van der Waals surface area contributed by atoms with Gasteiger partial charge in [0.1, 0.15) is 6.61 Å². The molecular weight excluding hydrogens is 442 g/mol. The van der Waals surface area contributed by atoms with Crippen LogP contribution >= 0.6 is 11.3 Å². The van der Waals surface area contributed by atoms with Crippen molar-refractivity contribution < 1.29 is 4.74 Å². The van der Waals surface area contributed by atoms with E-state index in [0.29, 0.717) is 24.7 Å². The van der Waals surface area contributed by atoms with Crippen molar-refractivity contribution in [2.24, 2.45) is 0 Å². The van der Waals surface area contributed by atoms with Gasteiger partial charge in [0.25, 0.3) is 0 Å². The number of rotatable bonds is 7. The van der Waals surface area contributed by atoms with Crippen LogP contribution < -0.4 is 4.74 Å². The summed E-state index contributed by atoms with van der Waals surface area (Å²) < 4.78 is 7.28. The van der Waals surface area contributed by atoms with Crippen molar-refractivity contribution in [3.63, 3.8) is 0 Å². The van der Waals surface area contributed by atoms with Gasteiger partial charge in [0.05, 0.1) is 5.92 Å². The molecule has 0 unspecified atom stereocenters. The van der Waals surface area contributed by atoms with Crippen LogP contribution in [0.4, 0.5) is 0 Å². The third-order valence-corrected chi connectivity index (χ3v) is 6.68. The number of nitrogens with one attached hydrogen (secondary N) is 1. The van der Waals surface area contributed by atoms with E-state index in [0.717, 1.165) is 11.1 Å². The molecule has 34 heavy (non-hydrogen) atoms. The zero-order valence-electron chi connectivity index (χ0n) is 18.9. The molecule has 3 heterocycles. The van der Waals surface area contributed by atoms with E-state index in [1.165, 1.54) is 26.8 Å². The largest absolute Gasteiger partial charge is 0.473 e. The number of benzene rings is 2. The summed E-state index contributed by atoms with van der Waals surface area (Å²) in [4.78, 5) is 4.50.